The number of carbonyl (C=O) groups excluding carboxylic acids is 2. The summed E-state index contributed by atoms with van der Waals surface area (Å²) in [4.78, 5) is 21.6. The number of carbonyl (C=O) groups is 2. The van der Waals surface area contributed by atoms with Crippen molar-refractivity contribution in [2.24, 2.45) is 5.41 Å². The molecule has 0 aromatic rings. The van der Waals surface area contributed by atoms with Crippen LogP contribution in [0.15, 0.2) is 0 Å². The fourth-order valence-corrected chi connectivity index (χ4v) is 2.25. The summed E-state index contributed by atoms with van der Waals surface area (Å²) in [5.74, 6) is -3.10. The summed E-state index contributed by atoms with van der Waals surface area (Å²) < 4.78 is 0. The Morgan fingerprint density at radius 2 is 1.09 bits per heavy atom. The first kappa shape index (κ1) is 28.4. The van der Waals surface area contributed by atoms with Gasteiger partial charge in [0.15, 0.2) is 0 Å². The molecule has 0 unspecified atom stereocenters. The maximum absolute atomic E-state index is 10.8. The molecule has 0 N–H and O–H groups in total. The van der Waals surface area contributed by atoms with Crippen LogP contribution >= 0.6 is 0 Å². The van der Waals surface area contributed by atoms with Gasteiger partial charge in [-0.3, -0.25) is 0 Å². The SMILES string of the molecule is CCCCCCCCCCCCC(C)(C(=O)[O-])C(=O)[O-].[K+].[Na+]. The largest absolute Gasteiger partial charge is 1.00 e. The molecule has 0 saturated carbocycles. The van der Waals surface area contributed by atoms with Gasteiger partial charge in [0.1, 0.15) is 0 Å². The van der Waals surface area contributed by atoms with Crippen LogP contribution in [-0.4, -0.2) is 11.9 Å². The Morgan fingerprint density at radius 3 is 1.41 bits per heavy atom. The van der Waals surface area contributed by atoms with Crippen molar-refractivity contribution in [1.29, 1.82) is 0 Å². The van der Waals surface area contributed by atoms with E-state index in [2.05, 4.69) is 6.92 Å². The molecule has 0 aliphatic carbocycles. The first-order chi connectivity index (χ1) is 9.45. The number of carboxylic acids is 2. The number of hydrogen-bond acceptors (Lipinski definition) is 4. The molecule has 118 valence electrons. The van der Waals surface area contributed by atoms with Crippen LogP contribution in [0.5, 0.6) is 0 Å². The molecule has 0 aromatic heterocycles. The average Bonchev–Trinajstić information content (AvgIpc) is 2.40. The van der Waals surface area contributed by atoms with Crippen LogP contribution in [0.4, 0.5) is 0 Å². The Labute approximate surface area is 199 Å². The molecule has 0 aromatic carbocycles. The van der Waals surface area contributed by atoms with E-state index in [1.165, 1.54) is 45.4 Å². The Bertz CT molecular complexity index is 284. The summed E-state index contributed by atoms with van der Waals surface area (Å²) in [6.45, 7) is 3.37. The maximum atomic E-state index is 10.8. The molecular formula is C16H28KNaO4. The van der Waals surface area contributed by atoms with Crippen molar-refractivity contribution in [2.75, 3.05) is 0 Å². The predicted octanol–water partition coefficient (Wildman–Crippen LogP) is -4.19. The van der Waals surface area contributed by atoms with E-state index < -0.39 is 17.4 Å². The van der Waals surface area contributed by atoms with Gasteiger partial charge < -0.3 is 19.8 Å². The van der Waals surface area contributed by atoms with Crippen molar-refractivity contribution < 1.29 is 101 Å². The van der Waals surface area contributed by atoms with Crippen molar-refractivity contribution in [3.05, 3.63) is 0 Å². The molecule has 4 nitrogen and oxygen atoms in total. The molecule has 0 amide bonds. The monoisotopic (exact) mass is 346 g/mol. The number of carboxylic acid groups (broad SMARTS) is 2. The second-order valence-electron chi connectivity index (χ2n) is 5.84. The molecule has 6 heteroatoms. The van der Waals surface area contributed by atoms with Crippen molar-refractivity contribution in [2.45, 2.75) is 84.5 Å². The van der Waals surface area contributed by atoms with E-state index in [-0.39, 0.29) is 87.4 Å². The second kappa shape index (κ2) is 17.4. The summed E-state index contributed by atoms with van der Waals surface area (Å²) >= 11 is 0. The van der Waals surface area contributed by atoms with Gasteiger partial charge in [-0.25, -0.2) is 0 Å². The summed E-state index contributed by atoms with van der Waals surface area (Å²) in [5, 5.41) is 21.6. The third-order valence-corrected chi connectivity index (χ3v) is 3.93. The van der Waals surface area contributed by atoms with E-state index in [9.17, 15) is 19.8 Å². The smallest absolute Gasteiger partial charge is 0.549 e. The molecule has 0 spiro atoms. The molecule has 0 heterocycles. The molecule has 0 radical (unpaired) electrons. The van der Waals surface area contributed by atoms with Gasteiger partial charge in [-0.05, 0) is 13.3 Å². The molecule has 0 atom stereocenters. The summed E-state index contributed by atoms with van der Waals surface area (Å²) in [6.07, 6.45) is 11.4. The van der Waals surface area contributed by atoms with Gasteiger partial charge in [-0.1, -0.05) is 71.1 Å². The van der Waals surface area contributed by atoms with E-state index in [4.69, 9.17) is 0 Å². The zero-order chi connectivity index (χ0) is 15.4. The van der Waals surface area contributed by atoms with Crippen molar-refractivity contribution in [3.63, 3.8) is 0 Å². The average molecular weight is 346 g/mol. The van der Waals surface area contributed by atoms with Crippen molar-refractivity contribution >= 4 is 11.9 Å². The van der Waals surface area contributed by atoms with Gasteiger partial charge in [-0.2, -0.15) is 0 Å². The van der Waals surface area contributed by atoms with Gasteiger partial charge in [0, 0.05) is 5.41 Å². The first-order valence-electron chi connectivity index (χ1n) is 7.88. The zero-order valence-electron chi connectivity index (χ0n) is 14.9. The zero-order valence-corrected chi connectivity index (χ0v) is 20.0. The van der Waals surface area contributed by atoms with Crippen LogP contribution in [-0.2, 0) is 9.59 Å². The standard InChI is InChI=1S/C16H30O4.K.Na/c1-3-4-5-6-7-8-9-10-11-12-13-16(2,14(17)18)15(19)20;;/h3-13H2,1-2H3,(H,17,18)(H,19,20);;/q;2*+1/p-2. The number of hydrogen-bond donors (Lipinski definition) is 0. The van der Waals surface area contributed by atoms with Gasteiger partial charge in [0.25, 0.3) is 0 Å². The molecule has 0 bridgehead atoms. The Hall–Kier alpha value is 1.58. The van der Waals surface area contributed by atoms with Crippen LogP contribution in [0.2, 0.25) is 0 Å². The van der Waals surface area contributed by atoms with Crippen LogP contribution in [0.1, 0.15) is 84.5 Å². The predicted molar refractivity (Wildman–Crippen MR) is 74.6 cm³/mol. The minimum atomic E-state index is -1.85. The topological polar surface area (TPSA) is 80.3 Å². The van der Waals surface area contributed by atoms with Gasteiger partial charge in [0.05, 0.1) is 11.9 Å². The van der Waals surface area contributed by atoms with Crippen LogP contribution in [0.25, 0.3) is 0 Å². The van der Waals surface area contributed by atoms with Crippen LogP contribution in [0.3, 0.4) is 0 Å². The van der Waals surface area contributed by atoms with E-state index in [1.807, 2.05) is 0 Å². The number of unbranched alkanes of at least 4 members (excludes halogenated alkanes) is 9. The van der Waals surface area contributed by atoms with Crippen molar-refractivity contribution in [1.82, 2.24) is 0 Å². The molecule has 0 saturated heterocycles. The molecule has 22 heavy (non-hydrogen) atoms. The fraction of sp³-hybridized carbons (Fsp3) is 0.875. The van der Waals surface area contributed by atoms with Gasteiger partial charge >= 0.3 is 80.9 Å². The molecular weight excluding hydrogens is 318 g/mol. The normalized spacial score (nSPS) is 10.5. The Balaban J connectivity index is -0.00000180. The third kappa shape index (κ3) is 12.9. The molecule has 0 aliphatic heterocycles. The summed E-state index contributed by atoms with van der Waals surface area (Å²) in [7, 11) is 0. The third-order valence-electron chi connectivity index (χ3n) is 3.93. The minimum absolute atomic E-state index is 0. The molecule has 0 fully saturated rings. The fourth-order valence-electron chi connectivity index (χ4n) is 2.25. The van der Waals surface area contributed by atoms with E-state index >= 15 is 0 Å². The molecule has 0 aliphatic rings. The molecule has 0 rings (SSSR count). The van der Waals surface area contributed by atoms with Crippen molar-refractivity contribution in [3.8, 4) is 0 Å². The first-order valence-corrected chi connectivity index (χ1v) is 7.88. The van der Waals surface area contributed by atoms with Gasteiger partial charge in [-0.15, -0.1) is 0 Å². The second-order valence-corrected chi connectivity index (χ2v) is 5.84. The number of aliphatic carboxylic acids is 2. The minimum Gasteiger partial charge on any atom is -0.549 e. The van der Waals surface area contributed by atoms with E-state index in [0.29, 0.717) is 6.42 Å². The summed E-state index contributed by atoms with van der Waals surface area (Å²) in [5.41, 5.74) is -1.85. The number of rotatable bonds is 13. The van der Waals surface area contributed by atoms with E-state index in [0.717, 1.165) is 19.3 Å². The van der Waals surface area contributed by atoms with Crippen LogP contribution in [0, 0.1) is 5.41 Å². The van der Waals surface area contributed by atoms with Gasteiger partial charge in [0.2, 0.25) is 0 Å². The Morgan fingerprint density at radius 1 is 0.773 bits per heavy atom. The van der Waals surface area contributed by atoms with E-state index in [1.54, 1.807) is 0 Å². The Kier molecular flexibility index (Phi) is 22.4. The quantitative estimate of drug-likeness (QED) is 0.192. The summed E-state index contributed by atoms with van der Waals surface area (Å²) in [6, 6.07) is 0. The maximum Gasteiger partial charge on any atom is 1.00 e. The van der Waals surface area contributed by atoms with Crippen LogP contribution < -0.4 is 91.2 Å².